The van der Waals surface area contributed by atoms with Crippen molar-refractivity contribution in [3.05, 3.63) is 421 Å². The molecule has 2 nitrogen and oxygen atoms in total. The summed E-state index contributed by atoms with van der Waals surface area (Å²) in [5.74, 6) is 0. The molecule has 0 bridgehead atoms. The lowest BCUT2D eigenvalue weighted by atomic mass is 9.83. The van der Waals surface area contributed by atoms with Crippen LogP contribution in [0, 0.1) is 55.4 Å². The normalized spacial score (nSPS) is 11.6. The van der Waals surface area contributed by atoms with Gasteiger partial charge < -0.3 is 9.13 Å². The molecule has 0 aliphatic heterocycles. The molecule has 0 amide bonds. The lowest BCUT2D eigenvalue weighted by Gasteiger charge is -2.21. The van der Waals surface area contributed by atoms with Crippen molar-refractivity contribution in [3.8, 4) is 112 Å². The van der Waals surface area contributed by atoms with E-state index in [0.29, 0.717) is 0 Å². The monoisotopic (exact) mass is 1480 g/mol. The van der Waals surface area contributed by atoms with Gasteiger partial charge in [0.05, 0.1) is 22.1 Å². The number of nitrogens with zero attached hydrogens (tertiary/aromatic N) is 2. The minimum atomic E-state index is 1.18. The van der Waals surface area contributed by atoms with Gasteiger partial charge in [-0.25, -0.2) is 0 Å². The summed E-state index contributed by atoms with van der Waals surface area (Å²) in [6, 6.07) is 139. The van der Waals surface area contributed by atoms with E-state index in [9.17, 15) is 0 Å². The van der Waals surface area contributed by atoms with Gasteiger partial charge in [-0.2, -0.15) is 0 Å². The van der Waals surface area contributed by atoms with Gasteiger partial charge >= 0.3 is 0 Å². The maximum atomic E-state index is 2.42. The average molecular weight is 1480 g/mol. The minimum absolute atomic E-state index is 1.18. The molecular weight excluding hydrogens is 1400 g/mol. The van der Waals surface area contributed by atoms with Crippen LogP contribution in [0.25, 0.3) is 198 Å². The molecule has 552 valence electrons. The van der Waals surface area contributed by atoms with Crippen LogP contribution in [0.4, 0.5) is 0 Å². The number of fused-ring (bicyclic) bond motifs is 10. The Kier molecular flexibility index (Phi) is 17.8. The van der Waals surface area contributed by atoms with Crippen molar-refractivity contribution in [2.45, 2.75) is 55.4 Å². The van der Waals surface area contributed by atoms with Gasteiger partial charge in [-0.3, -0.25) is 0 Å². The van der Waals surface area contributed by atoms with Crippen LogP contribution in [-0.4, -0.2) is 9.13 Å². The van der Waals surface area contributed by atoms with Gasteiger partial charge in [-0.1, -0.05) is 315 Å². The lowest BCUT2D eigenvalue weighted by Crippen LogP contribution is -1.95. The first-order valence-electron chi connectivity index (χ1n) is 40.6. The Labute approximate surface area is 678 Å². The summed E-state index contributed by atoms with van der Waals surface area (Å²) in [6.45, 7) is 17.9. The molecule has 0 radical (unpaired) electrons. The van der Waals surface area contributed by atoms with Crippen molar-refractivity contribution in [2.75, 3.05) is 0 Å². The zero-order chi connectivity index (χ0) is 78.4. The number of para-hydroxylation sites is 4. The number of aryl methyl sites for hydroxylation is 8. The highest BCUT2D eigenvalue weighted by molar-refractivity contribution is 6.24. The van der Waals surface area contributed by atoms with Crippen molar-refractivity contribution in [3.63, 3.8) is 0 Å². The summed E-state index contributed by atoms with van der Waals surface area (Å²) in [5, 5.41) is 15.5. The molecule has 2 heteroatoms. The fourth-order valence-corrected chi connectivity index (χ4v) is 18.2. The third kappa shape index (κ3) is 12.4. The van der Waals surface area contributed by atoms with Crippen molar-refractivity contribution in [1.29, 1.82) is 0 Å². The van der Waals surface area contributed by atoms with Crippen LogP contribution in [0.2, 0.25) is 0 Å². The SMILES string of the molecule is Cc1cc2c(-c3ccc(-c4ccccc4)cc3)c3cc(C)c(C)cc3c(-c3ccc(-c4ccc(-c5ccc6c(c5)c5ccccc5n6-c5ccccc5)cc4)cc3)c2cc1C.Cc1cc2c(-c3ccccc3)c3cc(C)c(C)cc3c(-c3ccc(-c4ccc(-c5ccc6c(c5)c5ccccc5n6-c5ccccc5)cc4)cc3)c2cc1C. The molecule has 21 aromatic rings. The summed E-state index contributed by atoms with van der Waals surface area (Å²) in [7, 11) is 0. The van der Waals surface area contributed by atoms with E-state index in [0.717, 1.165) is 0 Å². The number of hydrogen-bond acceptors (Lipinski definition) is 0. The summed E-state index contributed by atoms with van der Waals surface area (Å²) < 4.78 is 4.74. The molecule has 0 saturated carbocycles. The second-order valence-corrected chi connectivity index (χ2v) is 31.9. The Morgan fingerprint density at radius 2 is 0.310 bits per heavy atom. The van der Waals surface area contributed by atoms with Crippen LogP contribution < -0.4 is 0 Å². The molecule has 0 spiro atoms. The molecule has 116 heavy (non-hydrogen) atoms. The fourth-order valence-electron chi connectivity index (χ4n) is 18.2. The summed E-state index contributed by atoms with van der Waals surface area (Å²) in [6.07, 6.45) is 0. The van der Waals surface area contributed by atoms with Crippen molar-refractivity contribution < 1.29 is 0 Å². The fraction of sp³-hybridized carbons (Fsp3) is 0.0702. The summed E-state index contributed by atoms with van der Waals surface area (Å²) in [5.41, 5.74) is 40.1. The average Bonchev–Trinajstić information content (AvgIpc) is 1.10. The molecule has 0 atom stereocenters. The van der Waals surface area contributed by atoms with Gasteiger partial charge in [0.25, 0.3) is 0 Å². The molecule has 0 aliphatic rings. The molecule has 0 fully saturated rings. The maximum absolute atomic E-state index is 2.42. The standard InChI is InChI=1S/C60H45N.C54H41N/c1-38-33-53-55(35-40(38)3)60(56-36-41(4)39(2)34-54(56)59(53)47-27-23-43(24-28-47)42-13-7-5-8-14-42)48-29-25-45(26-30-48)44-19-21-46(22-20-44)49-31-32-58-52(37-49)51-17-11-12-18-57(51)61(58)50-15-9-6-10-16-50;1-34-29-47-49(31-36(34)3)54(50-32-37(4)35(2)30-48(50)53(47)41-13-7-5-8-14-41)42-25-23-39(24-26-42)38-19-21-40(22-20-38)43-27-28-52-46(33-43)45-17-11-12-18-51(45)55(52)44-15-9-6-10-16-44/h5-37H,1-4H3;5-33H,1-4H3. The smallest absolute Gasteiger partial charge is 0.0541 e. The molecule has 0 aliphatic carbocycles. The zero-order valence-electron chi connectivity index (χ0n) is 66.7. The van der Waals surface area contributed by atoms with Gasteiger partial charge in [0.1, 0.15) is 0 Å². The van der Waals surface area contributed by atoms with Crippen molar-refractivity contribution in [2.24, 2.45) is 0 Å². The molecule has 0 saturated heterocycles. The van der Waals surface area contributed by atoms with E-state index < -0.39 is 0 Å². The lowest BCUT2D eigenvalue weighted by molar-refractivity contribution is 1.18. The number of aromatic nitrogens is 2. The van der Waals surface area contributed by atoms with E-state index in [1.807, 2.05) is 0 Å². The van der Waals surface area contributed by atoms with Gasteiger partial charge in [-0.15, -0.1) is 0 Å². The highest BCUT2D eigenvalue weighted by Crippen LogP contribution is 2.49. The van der Waals surface area contributed by atoms with E-state index in [2.05, 4.69) is 441 Å². The third-order valence-electron chi connectivity index (χ3n) is 24.9. The van der Waals surface area contributed by atoms with Crippen molar-refractivity contribution >= 4 is 86.7 Å². The predicted octanol–water partition coefficient (Wildman–Crippen LogP) is 31.7. The first-order chi connectivity index (χ1) is 56.8. The third-order valence-corrected chi connectivity index (χ3v) is 24.9. The Balaban J connectivity index is 0.000000150. The summed E-state index contributed by atoms with van der Waals surface area (Å²) in [4.78, 5) is 0. The van der Waals surface area contributed by atoms with Gasteiger partial charge in [-0.05, 0) is 304 Å². The second-order valence-electron chi connectivity index (χ2n) is 31.9. The topological polar surface area (TPSA) is 9.86 Å². The highest BCUT2D eigenvalue weighted by atomic mass is 15.0. The Morgan fingerprint density at radius 1 is 0.129 bits per heavy atom. The van der Waals surface area contributed by atoms with Crippen LogP contribution in [0.1, 0.15) is 44.5 Å². The van der Waals surface area contributed by atoms with Crippen LogP contribution >= 0.6 is 0 Å². The maximum Gasteiger partial charge on any atom is 0.0541 e. The Bertz CT molecular complexity index is 7280. The van der Waals surface area contributed by atoms with Gasteiger partial charge in [0.15, 0.2) is 0 Å². The predicted molar refractivity (Wildman–Crippen MR) is 498 cm³/mol. The summed E-state index contributed by atoms with van der Waals surface area (Å²) >= 11 is 0. The quantitative estimate of drug-likeness (QED) is 0.114. The Hall–Kier alpha value is -14.2. The van der Waals surface area contributed by atoms with E-state index >= 15 is 0 Å². The Morgan fingerprint density at radius 3 is 0.578 bits per heavy atom. The number of rotatable bonds is 11. The largest absolute Gasteiger partial charge is 0.309 e. The van der Waals surface area contributed by atoms with E-state index in [1.165, 1.54) is 243 Å². The number of benzene rings is 19. The second kappa shape index (κ2) is 29.1. The van der Waals surface area contributed by atoms with E-state index in [1.54, 1.807) is 0 Å². The van der Waals surface area contributed by atoms with Crippen LogP contribution in [0.15, 0.2) is 376 Å². The first-order valence-corrected chi connectivity index (χ1v) is 40.6. The molecule has 0 N–H and O–H groups in total. The highest BCUT2D eigenvalue weighted by Gasteiger charge is 2.23. The zero-order valence-corrected chi connectivity index (χ0v) is 66.7. The molecule has 2 heterocycles. The molecule has 21 rings (SSSR count). The van der Waals surface area contributed by atoms with Crippen LogP contribution in [-0.2, 0) is 0 Å². The molecule has 0 unspecified atom stereocenters. The number of hydrogen-bond donors (Lipinski definition) is 0. The first kappa shape index (κ1) is 70.9. The van der Waals surface area contributed by atoms with Gasteiger partial charge in [0.2, 0.25) is 0 Å². The minimum Gasteiger partial charge on any atom is -0.309 e. The van der Waals surface area contributed by atoms with E-state index in [4.69, 9.17) is 0 Å². The van der Waals surface area contributed by atoms with E-state index in [-0.39, 0.29) is 0 Å². The van der Waals surface area contributed by atoms with Crippen LogP contribution in [0.3, 0.4) is 0 Å². The van der Waals surface area contributed by atoms with Gasteiger partial charge in [0, 0.05) is 32.9 Å². The molecule has 2 aromatic heterocycles. The van der Waals surface area contributed by atoms with Crippen LogP contribution in [0.5, 0.6) is 0 Å². The van der Waals surface area contributed by atoms with Crippen molar-refractivity contribution in [1.82, 2.24) is 9.13 Å². The molecular formula is C114H86N2. The molecule has 19 aromatic carbocycles.